The number of aromatic hydroxyl groups is 2. The summed E-state index contributed by atoms with van der Waals surface area (Å²) in [6.45, 7) is -0.255. The highest BCUT2D eigenvalue weighted by Crippen LogP contribution is 2.26. The minimum absolute atomic E-state index is 0.255. The van der Waals surface area contributed by atoms with Crippen LogP contribution in [0.1, 0.15) is 11.1 Å². The van der Waals surface area contributed by atoms with Gasteiger partial charge in [-0.05, 0) is 36.4 Å². The van der Waals surface area contributed by atoms with Crippen LogP contribution >= 0.6 is 0 Å². The van der Waals surface area contributed by atoms with Crippen molar-refractivity contribution in [2.75, 3.05) is 6.61 Å². The van der Waals surface area contributed by atoms with Crippen molar-refractivity contribution in [3.8, 4) is 23.3 Å². The average molecular weight is 311 g/mol. The first-order valence-electron chi connectivity index (χ1n) is 6.56. The van der Waals surface area contributed by atoms with Crippen molar-refractivity contribution in [1.82, 2.24) is 5.43 Å². The van der Waals surface area contributed by atoms with Gasteiger partial charge in [0.1, 0.15) is 5.75 Å². The van der Waals surface area contributed by atoms with Crippen LogP contribution in [0.15, 0.2) is 47.6 Å². The van der Waals surface area contributed by atoms with Crippen LogP contribution in [0.3, 0.4) is 0 Å². The molecule has 0 aliphatic rings. The van der Waals surface area contributed by atoms with E-state index in [1.807, 2.05) is 6.07 Å². The summed E-state index contributed by atoms with van der Waals surface area (Å²) < 4.78 is 5.23. The maximum atomic E-state index is 11.6. The van der Waals surface area contributed by atoms with E-state index in [1.54, 1.807) is 24.3 Å². The molecule has 0 spiro atoms. The smallest absolute Gasteiger partial charge is 0.277 e. The molecule has 7 heteroatoms. The second-order valence-electron chi connectivity index (χ2n) is 4.43. The molecule has 7 nitrogen and oxygen atoms in total. The molecule has 0 atom stereocenters. The van der Waals surface area contributed by atoms with E-state index in [-0.39, 0.29) is 23.7 Å². The van der Waals surface area contributed by atoms with E-state index in [1.165, 1.54) is 24.4 Å². The molecule has 0 bridgehead atoms. The van der Waals surface area contributed by atoms with Crippen LogP contribution in [0.4, 0.5) is 0 Å². The Kier molecular flexibility index (Phi) is 5.15. The molecular formula is C16H13N3O4. The number of hydrogen-bond acceptors (Lipinski definition) is 6. The number of benzene rings is 2. The minimum Gasteiger partial charge on any atom is -0.504 e. The first-order valence-corrected chi connectivity index (χ1v) is 6.56. The predicted molar refractivity (Wildman–Crippen MR) is 82.2 cm³/mol. The van der Waals surface area contributed by atoms with Crippen molar-refractivity contribution in [3.05, 3.63) is 53.6 Å². The lowest BCUT2D eigenvalue weighted by atomic mass is 10.2. The first kappa shape index (κ1) is 15.9. The zero-order valence-electron chi connectivity index (χ0n) is 11.9. The highest BCUT2D eigenvalue weighted by atomic mass is 16.5. The van der Waals surface area contributed by atoms with Crippen LogP contribution < -0.4 is 10.2 Å². The summed E-state index contributed by atoms with van der Waals surface area (Å²) in [6.07, 6.45) is 1.20. The number of rotatable bonds is 5. The summed E-state index contributed by atoms with van der Waals surface area (Å²) >= 11 is 0. The van der Waals surface area contributed by atoms with E-state index in [0.29, 0.717) is 11.3 Å². The lowest BCUT2D eigenvalue weighted by molar-refractivity contribution is -0.123. The van der Waals surface area contributed by atoms with E-state index in [0.717, 1.165) is 0 Å². The van der Waals surface area contributed by atoms with Crippen LogP contribution in [0.25, 0.3) is 0 Å². The molecule has 0 aliphatic heterocycles. The number of carbonyl (C=O) groups excluding carboxylic acids is 1. The Bertz CT molecular complexity index is 764. The minimum atomic E-state index is -0.495. The molecule has 0 radical (unpaired) electrons. The molecule has 0 unspecified atom stereocenters. The van der Waals surface area contributed by atoms with Gasteiger partial charge in [0.2, 0.25) is 0 Å². The van der Waals surface area contributed by atoms with E-state index >= 15 is 0 Å². The van der Waals surface area contributed by atoms with Gasteiger partial charge in [0, 0.05) is 5.56 Å². The number of ether oxygens (including phenoxy) is 1. The Morgan fingerprint density at radius 1 is 1.26 bits per heavy atom. The van der Waals surface area contributed by atoms with Crippen molar-refractivity contribution in [1.29, 1.82) is 5.26 Å². The Balaban J connectivity index is 1.84. The van der Waals surface area contributed by atoms with Gasteiger partial charge < -0.3 is 14.9 Å². The maximum absolute atomic E-state index is 11.6. The summed E-state index contributed by atoms with van der Waals surface area (Å²) in [5, 5.41) is 31.2. The van der Waals surface area contributed by atoms with E-state index in [4.69, 9.17) is 10.00 Å². The average Bonchev–Trinajstić information content (AvgIpc) is 2.57. The van der Waals surface area contributed by atoms with Crippen molar-refractivity contribution >= 4 is 12.1 Å². The van der Waals surface area contributed by atoms with E-state index < -0.39 is 5.91 Å². The van der Waals surface area contributed by atoms with Crippen LogP contribution in [-0.4, -0.2) is 28.9 Å². The van der Waals surface area contributed by atoms with Gasteiger partial charge in [0.15, 0.2) is 18.1 Å². The molecular weight excluding hydrogens is 298 g/mol. The van der Waals surface area contributed by atoms with Crippen molar-refractivity contribution < 1.29 is 19.7 Å². The Hall–Kier alpha value is -3.53. The Morgan fingerprint density at radius 3 is 2.70 bits per heavy atom. The van der Waals surface area contributed by atoms with Crippen LogP contribution in [-0.2, 0) is 4.79 Å². The van der Waals surface area contributed by atoms with Crippen LogP contribution in [0.5, 0.6) is 17.2 Å². The number of nitrogens with zero attached hydrogens (tertiary/aromatic N) is 2. The molecule has 116 valence electrons. The molecule has 3 N–H and O–H groups in total. The predicted octanol–water partition coefficient (Wildman–Crippen LogP) is 1.50. The summed E-state index contributed by atoms with van der Waals surface area (Å²) in [7, 11) is 0. The highest BCUT2D eigenvalue weighted by Gasteiger charge is 2.04. The highest BCUT2D eigenvalue weighted by molar-refractivity contribution is 5.86. The third kappa shape index (κ3) is 4.47. The zero-order valence-corrected chi connectivity index (χ0v) is 11.9. The number of hydrazone groups is 1. The molecule has 0 saturated carbocycles. The van der Waals surface area contributed by atoms with Gasteiger partial charge in [-0.15, -0.1) is 0 Å². The number of hydrogen-bond donors (Lipinski definition) is 3. The lowest BCUT2D eigenvalue weighted by Gasteiger charge is -2.05. The quantitative estimate of drug-likeness (QED) is 0.440. The number of carbonyl (C=O) groups is 1. The summed E-state index contributed by atoms with van der Waals surface area (Å²) in [6, 6.07) is 12.7. The fourth-order valence-corrected chi connectivity index (χ4v) is 1.63. The number of phenolic OH excluding ortho intramolecular Hbond substituents is 2. The van der Waals surface area contributed by atoms with Gasteiger partial charge in [-0.1, -0.05) is 6.07 Å². The summed E-state index contributed by atoms with van der Waals surface area (Å²) in [5.41, 5.74) is 2.99. The number of nitriles is 1. The standard InChI is InChI=1S/C16H13N3O4/c17-8-11-4-6-13(7-5-11)23-10-15(21)19-18-9-12-2-1-3-14(20)16(12)22/h1-7,9,20,22H,10H2,(H,19,21)/b18-9+. The van der Waals surface area contributed by atoms with Gasteiger partial charge >= 0.3 is 0 Å². The second kappa shape index (κ2) is 7.47. The Labute approximate surface area is 132 Å². The fraction of sp³-hybridized carbons (Fsp3) is 0.0625. The molecule has 23 heavy (non-hydrogen) atoms. The third-order valence-corrected chi connectivity index (χ3v) is 2.79. The third-order valence-electron chi connectivity index (χ3n) is 2.79. The summed E-state index contributed by atoms with van der Waals surface area (Å²) in [4.78, 5) is 11.6. The number of nitrogens with one attached hydrogen (secondary N) is 1. The first-order chi connectivity index (χ1) is 11.1. The summed E-state index contributed by atoms with van der Waals surface area (Å²) in [5.74, 6) is -0.636. The fourth-order valence-electron chi connectivity index (χ4n) is 1.63. The SMILES string of the molecule is N#Cc1ccc(OCC(=O)N/N=C/c2cccc(O)c2O)cc1. The molecule has 0 fully saturated rings. The number of phenols is 2. The van der Waals surface area contributed by atoms with Gasteiger partial charge in [0.25, 0.3) is 5.91 Å². The van der Waals surface area contributed by atoms with Crippen molar-refractivity contribution in [3.63, 3.8) is 0 Å². The van der Waals surface area contributed by atoms with Gasteiger partial charge in [-0.2, -0.15) is 10.4 Å². The van der Waals surface area contributed by atoms with Crippen LogP contribution in [0.2, 0.25) is 0 Å². The molecule has 0 saturated heterocycles. The Morgan fingerprint density at radius 2 is 2.00 bits per heavy atom. The van der Waals surface area contributed by atoms with Gasteiger partial charge in [-0.25, -0.2) is 5.43 Å². The molecule has 2 rings (SSSR count). The van der Waals surface area contributed by atoms with Crippen molar-refractivity contribution in [2.24, 2.45) is 5.10 Å². The molecule has 2 aromatic carbocycles. The maximum Gasteiger partial charge on any atom is 0.277 e. The lowest BCUT2D eigenvalue weighted by Crippen LogP contribution is -2.24. The number of amides is 1. The molecule has 0 aromatic heterocycles. The number of para-hydroxylation sites is 1. The van der Waals surface area contributed by atoms with Crippen molar-refractivity contribution in [2.45, 2.75) is 0 Å². The second-order valence-corrected chi connectivity index (χ2v) is 4.43. The molecule has 0 aliphatic carbocycles. The van der Waals surface area contributed by atoms with Gasteiger partial charge in [-0.3, -0.25) is 4.79 Å². The monoisotopic (exact) mass is 311 g/mol. The normalized spacial score (nSPS) is 10.2. The van der Waals surface area contributed by atoms with E-state index in [9.17, 15) is 15.0 Å². The molecule has 2 aromatic rings. The zero-order chi connectivity index (χ0) is 16.7. The molecule has 1 amide bonds. The van der Waals surface area contributed by atoms with Gasteiger partial charge in [0.05, 0.1) is 17.8 Å². The largest absolute Gasteiger partial charge is 0.504 e. The topological polar surface area (TPSA) is 115 Å². The van der Waals surface area contributed by atoms with Crippen LogP contribution in [0, 0.1) is 11.3 Å². The molecule has 0 heterocycles. The van der Waals surface area contributed by atoms with E-state index in [2.05, 4.69) is 10.5 Å².